The Morgan fingerprint density at radius 1 is 0.462 bits per heavy atom. The van der Waals surface area contributed by atoms with Gasteiger partial charge >= 0.3 is 11.9 Å². The predicted molar refractivity (Wildman–Crippen MR) is 244 cm³/mol. The summed E-state index contributed by atoms with van der Waals surface area (Å²) in [4.78, 5) is 26.3. The Morgan fingerprint density at radius 3 is 1.20 bits per heavy atom. The maximum absolute atomic E-state index is 13.1. The number of benzene rings is 6. The molecule has 0 bridgehead atoms. The third-order valence-electron chi connectivity index (χ3n) is 9.52. The largest absolute Gasteiger partial charge is 0.491 e. The quantitative estimate of drug-likeness (QED) is 0.0545. The van der Waals surface area contributed by atoms with Gasteiger partial charge in [0, 0.05) is 10.8 Å². The second-order valence-electron chi connectivity index (χ2n) is 14.2. The summed E-state index contributed by atoms with van der Waals surface area (Å²) in [7, 11) is 0. The molecule has 65 heavy (non-hydrogen) atoms. The molecule has 0 radical (unpaired) electrons. The summed E-state index contributed by atoms with van der Waals surface area (Å²) in [6.07, 6.45) is 19.9. The van der Waals surface area contributed by atoms with Crippen LogP contribution < -0.4 is 28.4 Å². The van der Waals surface area contributed by atoms with Crippen molar-refractivity contribution in [3.05, 3.63) is 131 Å². The number of carbonyl (C=O) groups excluding carboxylic acids is 2. The van der Waals surface area contributed by atoms with Gasteiger partial charge in [-0.1, -0.05) is 72.2 Å². The van der Waals surface area contributed by atoms with Crippen molar-refractivity contribution in [2.24, 2.45) is 0 Å². The first-order chi connectivity index (χ1) is 31.7. The number of ether oxygens (including phenoxy) is 8. The molecule has 12 nitrogen and oxygen atoms in total. The van der Waals surface area contributed by atoms with Crippen molar-refractivity contribution in [3.8, 4) is 83.9 Å². The number of aliphatic hydroxyl groups is 2. The Bertz CT molecular complexity index is 2580. The number of terminal acetylenes is 4. The topological polar surface area (TPSA) is 148 Å². The Hall–Kier alpha value is -8.26. The van der Waals surface area contributed by atoms with E-state index in [2.05, 4.69) is 23.7 Å². The van der Waals surface area contributed by atoms with Crippen LogP contribution in [0.4, 0.5) is 0 Å². The van der Waals surface area contributed by atoms with Crippen molar-refractivity contribution in [2.45, 2.75) is 18.6 Å². The molecule has 0 aliphatic heterocycles. The Morgan fingerprint density at radius 2 is 0.831 bits per heavy atom. The minimum Gasteiger partial charge on any atom is -0.491 e. The third-order valence-corrected chi connectivity index (χ3v) is 9.52. The van der Waals surface area contributed by atoms with E-state index < -0.39 is 24.1 Å². The molecule has 0 amide bonds. The highest BCUT2D eigenvalue weighted by molar-refractivity contribution is 6.01. The van der Waals surface area contributed by atoms with E-state index in [0.29, 0.717) is 51.0 Å². The molecular formula is C53H44O12. The van der Waals surface area contributed by atoms with Gasteiger partial charge in [0.2, 0.25) is 0 Å². The first-order valence-corrected chi connectivity index (χ1v) is 20.2. The van der Waals surface area contributed by atoms with Crippen LogP contribution in [0, 0.1) is 49.4 Å². The van der Waals surface area contributed by atoms with Crippen LogP contribution in [-0.4, -0.2) is 87.2 Å². The van der Waals surface area contributed by atoms with E-state index >= 15 is 0 Å². The van der Waals surface area contributed by atoms with Crippen molar-refractivity contribution in [3.63, 3.8) is 0 Å². The monoisotopic (exact) mass is 872 g/mol. The zero-order valence-electron chi connectivity index (χ0n) is 35.2. The molecule has 0 spiro atoms. The molecule has 2 N–H and O–H groups in total. The molecule has 0 aliphatic carbocycles. The van der Waals surface area contributed by atoms with Gasteiger partial charge in [0.1, 0.15) is 111 Å². The van der Waals surface area contributed by atoms with Gasteiger partial charge in [0.25, 0.3) is 0 Å². The standard InChI is InChI=1S/C53H44O12/c1-5-23-58-48-13-9-11-38-28-46(50(30-44(38)48)60-25-7-3)52(56)64-34-40(54)32-62-42-19-15-36(16-20-42)27-37-17-21-43(22-18-37)63-33-41(55)35-65-53(57)47-29-39-12-10-14-49(59-24-6-2)45(39)31-51(47)61-26-8-4/h1-4,9-22,28-31,40-41,54-55H,23-27,32-35H2. The maximum Gasteiger partial charge on any atom is 0.342 e. The van der Waals surface area contributed by atoms with E-state index in [9.17, 15) is 19.8 Å². The van der Waals surface area contributed by atoms with Crippen LogP contribution >= 0.6 is 0 Å². The van der Waals surface area contributed by atoms with Crippen LogP contribution in [0.1, 0.15) is 31.8 Å². The van der Waals surface area contributed by atoms with Gasteiger partial charge < -0.3 is 48.1 Å². The average Bonchev–Trinajstić information content (AvgIpc) is 3.33. The summed E-state index contributed by atoms with van der Waals surface area (Å²) in [5.41, 5.74) is 2.27. The molecular weight excluding hydrogens is 829 g/mol. The van der Waals surface area contributed by atoms with Crippen LogP contribution in [0.2, 0.25) is 0 Å². The van der Waals surface area contributed by atoms with Gasteiger partial charge in [-0.2, -0.15) is 0 Å². The van der Waals surface area contributed by atoms with E-state index in [1.165, 1.54) is 0 Å². The highest BCUT2D eigenvalue weighted by atomic mass is 16.6. The van der Waals surface area contributed by atoms with E-state index in [0.717, 1.165) is 11.1 Å². The van der Waals surface area contributed by atoms with Gasteiger partial charge in [-0.3, -0.25) is 0 Å². The summed E-state index contributed by atoms with van der Waals surface area (Å²) < 4.78 is 44.9. The summed E-state index contributed by atoms with van der Waals surface area (Å²) in [5.74, 6) is 10.7. The van der Waals surface area contributed by atoms with Crippen molar-refractivity contribution < 1.29 is 57.7 Å². The second kappa shape index (κ2) is 23.3. The number of esters is 2. The van der Waals surface area contributed by atoms with E-state index in [4.69, 9.17) is 63.6 Å². The van der Waals surface area contributed by atoms with Gasteiger partial charge in [-0.25, -0.2) is 9.59 Å². The molecule has 328 valence electrons. The molecule has 6 aromatic rings. The van der Waals surface area contributed by atoms with Crippen LogP contribution in [0.25, 0.3) is 21.5 Å². The van der Waals surface area contributed by atoms with Gasteiger partial charge in [0.05, 0.1) is 0 Å². The van der Waals surface area contributed by atoms with Crippen molar-refractivity contribution in [1.29, 1.82) is 0 Å². The van der Waals surface area contributed by atoms with Crippen molar-refractivity contribution >= 4 is 33.5 Å². The number of fused-ring (bicyclic) bond motifs is 2. The number of rotatable bonds is 22. The molecule has 0 saturated heterocycles. The Kier molecular flexibility index (Phi) is 16.5. The molecule has 12 heteroatoms. The fraction of sp³-hybridized carbons (Fsp3) is 0.208. The van der Waals surface area contributed by atoms with Gasteiger partial charge in [-0.05, 0) is 89.0 Å². The van der Waals surface area contributed by atoms with Crippen molar-refractivity contribution in [1.82, 2.24) is 0 Å². The minimum absolute atomic E-state index is 0.0667. The van der Waals surface area contributed by atoms with E-state index in [-0.39, 0.29) is 75.5 Å². The molecule has 0 aromatic heterocycles. The third kappa shape index (κ3) is 12.9. The molecule has 6 rings (SSSR count). The zero-order chi connectivity index (χ0) is 46.0. The van der Waals surface area contributed by atoms with Crippen LogP contribution in [-0.2, 0) is 15.9 Å². The lowest BCUT2D eigenvalue weighted by molar-refractivity contribution is 0.0125. The smallest absolute Gasteiger partial charge is 0.342 e. The molecule has 0 aliphatic rings. The number of hydrogen-bond donors (Lipinski definition) is 2. The lowest BCUT2D eigenvalue weighted by Gasteiger charge is -2.16. The van der Waals surface area contributed by atoms with Crippen LogP contribution in [0.3, 0.4) is 0 Å². The summed E-state index contributed by atoms with van der Waals surface area (Å²) in [6, 6.07) is 31.9. The Balaban J connectivity index is 0.940. The Labute approximate surface area is 376 Å². The maximum atomic E-state index is 13.1. The lowest BCUT2D eigenvalue weighted by atomic mass is 10.0. The SMILES string of the molecule is C#CCOc1cc2c(OCC#C)cccc2cc1C(=O)OCC(O)COc1ccc(Cc2ccc(OCC(O)COC(=O)c3cc4cccc(OCC#C)c4cc3OCC#C)cc2)cc1. The number of hydrogen-bond acceptors (Lipinski definition) is 12. The summed E-state index contributed by atoms with van der Waals surface area (Å²) >= 11 is 0. The molecule has 2 atom stereocenters. The van der Waals surface area contributed by atoms with Crippen molar-refractivity contribution in [2.75, 3.05) is 52.9 Å². The number of carbonyl (C=O) groups is 2. The van der Waals surface area contributed by atoms with E-state index in [1.54, 1.807) is 84.9 Å². The van der Waals surface area contributed by atoms with Crippen LogP contribution in [0.15, 0.2) is 109 Å². The normalized spacial score (nSPS) is 11.4. The molecule has 2 unspecified atom stereocenters. The fourth-order valence-corrected chi connectivity index (χ4v) is 6.46. The van der Waals surface area contributed by atoms with Crippen LogP contribution in [0.5, 0.6) is 34.5 Å². The summed E-state index contributed by atoms with van der Waals surface area (Å²) in [6.45, 7) is -0.941. The van der Waals surface area contributed by atoms with Gasteiger partial charge in [0.15, 0.2) is 0 Å². The first-order valence-electron chi connectivity index (χ1n) is 20.2. The average molecular weight is 873 g/mol. The molecule has 6 aromatic carbocycles. The van der Waals surface area contributed by atoms with Gasteiger partial charge in [-0.15, -0.1) is 25.7 Å². The molecule has 0 saturated carbocycles. The highest BCUT2D eigenvalue weighted by Crippen LogP contribution is 2.34. The number of aliphatic hydroxyl groups excluding tert-OH is 2. The summed E-state index contributed by atoms with van der Waals surface area (Å²) in [5, 5.41) is 23.9. The zero-order valence-corrected chi connectivity index (χ0v) is 35.2. The van der Waals surface area contributed by atoms with E-state index in [1.807, 2.05) is 24.3 Å². The lowest BCUT2D eigenvalue weighted by Crippen LogP contribution is -2.25. The molecule has 0 fully saturated rings. The predicted octanol–water partition coefficient (Wildman–Crippen LogP) is 6.83. The highest BCUT2D eigenvalue weighted by Gasteiger charge is 2.21. The fourth-order valence-electron chi connectivity index (χ4n) is 6.46. The molecule has 0 heterocycles. The minimum atomic E-state index is -1.12. The first kappa shape index (κ1) is 46.2. The second-order valence-corrected chi connectivity index (χ2v) is 14.2.